The van der Waals surface area contributed by atoms with Crippen LogP contribution in [0.1, 0.15) is 5.56 Å². The molecule has 0 saturated carbocycles. The van der Waals surface area contributed by atoms with E-state index in [1.54, 1.807) is 0 Å². The van der Waals surface area contributed by atoms with Crippen LogP contribution in [0.25, 0.3) is 0 Å². The summed E-state index contributed by atoms with van der Waals surface area (Å²) in [6, 6.07) is 5.71. The Morgan fingerprint density at radius 3 is 2.89 bits per heavy atom. The van der Waals surface area contributed by atoms with Gasteiger partial charge in [0.05, 0.1) is 0 Å². The van der Waals surface area contributed by atoms with Crippen LogP contribution in [0, 0.1) is 5.82 Å². The van der Waals surface area contributed by atoms with E-state index in [9.17, 15) is 4.39 Å². The lowest BCUT2D eigenvalue weighted by atomic mass is 10.1. The van der Waals surface area contributed by atoms with Gasteiger partial charge in [-0.3, -0.25) is 4.90 Å². The summed E-state index contributed by atoms with van der Waals surface area (Å²) in [4.78, 5) is 4.71. The molecule has 19 heavy (non-hydrogen) atoms. The maximum absolute atomic E-state index is 13.7. The molecule has 0 aromatic heterocycles. The first-order valence-corrected chi connectivity index (χ1v) is 7.39. The van der Waals surface area contributed by atoms with E-state index in [2.05, 4.69) is 45.1 Å². The van der Waals surface area contributed by atoms with Gasteiger partial charge in [0.2, 0.25) is 0 Å². The van der Waals surface area contributed by atoms with Gasteiger partial charge in [-0.25, -0.2) is 4.39 Å². The Kier molecular flexibility index (Phi) is 5.33. The SMILES string of the molecule is CN1CCN(C)C(CNCc2ccc(Br)cc2F)C1. The largest absolute Gasteiger partial charge is 0.311 e. The van der Waals surface area contributed by atoms with Crippen molar-refractivity contribution in [3.63, 3.8) is 0 Å². The minimum absolute atomic E-state index is 0.156. The molecule has 2 rings (SSSR count). The second-order valence-corrected chi connectivity index (χ2v) is 6.18. The summed E-state index contributed by atoms with van der Waals surface area (Å²) in [5.41, 5.74) is 0.718. The topological polar surface area (TPSA) is 18.5 Å². The summed E-state index contributed by atoms with van der Waals surface area (Å²) in [6.07, 6.45) is 0. The number of nitrogens with one attached hydrogen (secondary N) is 1. The van der Waals surface area contributed by atoms with Crippen LogP contribution in [0.15, 0.2) is 22.7 Å². The highest BCUT2D eigenvalue weighted by Crippen LogP contribution is 2.15. The Labute approximate surface area is 122 Å². The maximum atomic E-state index is 13.7. The van der Waals surface area contributed by atoms with Crippen molar-refractivity contribution in [1.82, 2.24) is 15.1 Å². The quantitative estimate of drug-likeness (QED) is 0.910. The van der Waals surface area contributed by atoms with Crippen molar-refractivity contribution in [3.05, 3.63) is 34.1 Å². The van der Waals surface area contributed by atoms with Gasteiger partial charge in [-0.2, -0.15) is 0 Å². The third-order valence-electron chi connectivity index (χ3n) is 3.69. The van der Waals surface area contributed by atoms with Crippen LogP contribution in [0.2, 0.25) is 0 Å². The van der Waals surface area contributed by atoms with E-state index in [1.165, 1.54) is 6.07 Å². The zero-order chi connectivity index (χ0) is 13.8. The van der Waals surface area contributed by atoms with Crippen LogP contribution in [0.4, 0.5) is 4.39 Å². The first kappa shape index (κ1) is 14.9. The van der Waals surface area contributed by atoms with E-state index in [0.29, 0.717) is 12.6 Å². The molecule has 0 spiro atoms. The van der Waals surface area contributed by atoms with E-state index < -0.39 is 0 Å². The van der Waals surface area contributed by atoms with Gasteiger partial charge < -0.3 is 10.2 Å². The first-order chi connectivity index (χ1) is 9.06. The van der Waals surface area contributed by atoms with Crippen molar-refractivity contribution < 1.29 is 4.39 Å². The number of hydrogen-bond donors (Lipinski definition) is 1. The number of hydrogen-bond acceptors (Lipinski definition) is 3. The summed E-state index contributed by atoms with van der Waals surface area (Å²) in [5, 5.41) is 3.36. The summed E-state index contributed by atoms with van der Waals surface area (Å²) >= 11 is 3.27. The minimum atomic E-state index is -0.156. The van der Waals surface area contributed by atoms with Crippen molar-refractivity contribution in [2.24, 2.45) is 0 Å². The van der Waals surface area contributed by atoms with Gasteiger partial charge in [0.15, 0.2) is 0 Å². The standard InChI is InChI=1S/C14H21BrFN3/c1-18-5-6-19(2)13(10-18)9-17-8-11-3-4-12(15)7-14(11)16/h3-4,7,13,17H,5-6,8-10H2,1-2H3. The fourth-order valence-electron chi connectivity index (χ4n) is 2.36. The van der Waals surface area contributed by atoms with Gasteiger partial charge >= 0.3 is 0 Å². The number of piperazine rings is 1. The molecule has 5 heteroatoms. The third kappa shape index (κ3) is 4.24. The van der Waals surface area contributed by atoms with Gasteiger partial charge in [-0.1, -0.05) is 22.0 Å². The molecule has 1 aliphatic rings. The van der Waals surface area contributed by atoms with Gasteiger partial charge in [-0.15, -0.1) is 0 Å². The average molecular weight is 330 g/mol. The van der Waals surface area contributed by atoms with E-state index in [-0.39, 0.29) is 5.82 Å². The molecule has 106 valence electrons. The lowest BCUT2D eigenvalue weighted by Crippen LogP contribution is -2.53. The van der Waals surface area contributed by atoms with E-state index >= 15 is 0 Å². The van der Waals surface area contributed by atoms with Gasteiger partial charge in [-0.05, 0) is 26.2 Å². The number of halogens is 2. The van der Waals surface area contributed by atoms with Crippen molar-refractivity contribution in [2.75, 3.05) is 40.3 Å². The van der Waals surface area contributed by atoms with Crippen LogP contribution >= 0.6 is 15.9 Å². The molecule has 1 atom stereocenters. The second kappa shape index (κ2) is 6.79. The Balaban J connectivity index is 1.82. The van der Waals surface area contributed by atoms with Crippen LogP contribution in [-0.4, -0.2) is 56.1 Å². The molecular weight excluding hydrogens is 309 g/mol. The van der Waals surface area contributed by atoms with Crippen LogP contribution in [0.5, 0.6) is 0 Å². The molecule has 1 N–H and O–H groups in total. The summed E-state index contributed by atoms with van der Waals surface area (Å²) in [7, 11) is 4.30. The molecule has 0 amide bonds. The number of rotatable bonds is 4. The van der Waals surface area contributed by atoms with Crippen molar-refractivity contribution in [3.8, 4) is 0 Å². The molecule has 1 aromatic rings. The normalized spacial score (nSPS) is 21.8. The van der Waals surface area contributed by atoms with Crippen molar-refractivity contribution in [2.45, 2.75) is 12.6 Å². The Morgan fingerprint density at radius 1 is 1.37 bits per heavy atom. The van der Waals surface area contributed by atoms with E-state index in [4.69, 9.17) is 0 Å². The molecule has 0 bridgehead atoms. The third-order valence-corrected chi connectivity index (χ3v) is 4.18. The highest BCUT2D eigenvalue weighted by atomic mass is 79.9. The Morgan fingerprint density at radius 2 is 2.16 bits per heavy atom. The Hall–Kier alpha value is -0.490. The lowest BCUT2D eigenvalue weighted by Gasteiger charge is -2.37. The molecule has 1 heterocycles. The monoisotopic (exact) mass is 329 g/mol. The average Bonchev–Trinajstić information content (AvgIpc) is 2.36. The van der Waals surface area contributed by atoms with Gasteiger partial charge in [0.1, 0.15) is 5.82 Å². The van der Waals surface area contributed by atoms with Crippen molar-refractivity contribution >= 4 is 15.9 Å². The summed E-state index contributed by atoms with van der Waals surface area (Å²) in [5.74, 6) is -0.156. The smallest absolute Gasteiger partial charge is 0.128 e. The van der Waals surface area contributed by atoms with Crippen molar-refractivity contribution in [1.29, 1.82) is 0 Å². The van der Waals surface area contributed by atoms with Gasteiger partial charge in [0.25, 0.3) is 0 Å². The first-order valence-electron chi connectivity index (χ1n) is 6.59. The number of benzene rings is 1. The zero-order valence-electron chi connectivity index (χ0n) is 11.5. The van der Waals surface area contributed by atoms with Crippen LogP contribution < -0.4 is 5.32 Å². The second-order valence-electron chi connectivity index (χ2n) is 5.26. The summed E-state index contributed by atoms with van der Waals surface area (Å²) < 4.78 is 14.4. The fraction of sp³-hybridized carbons (Fsp3) is 0.571. The van der Waals surface area contributed by atoms with Crippen LogP contribution in [0.3, 0.4) is 0 Å². The molecule has 0 radical (unpaired) electrons. The summed E-state index contributed by atoms with van der Waals surface area (Å²) in [6.45, 7) is 4.74. The molecule has 1 aromatic carbocycles. The molecular formula is C14H21BrFN3. The van der Waals surface area contributed by atoms with E-state index in [0.717, 1.165) is 36.2 Å². The molecule has 3 nitrogen and oxygen atoms in total. The predicted molar refractivity (Wildman–Crippen MR) is 79.7 cm³/mol. The molecule has 0 aliphatic carbocycles. The number of nitrogens with zero attached hydrogens (tertiary/aromatic N) is 2. The van der Waals surface area contributed by atoms with E-state index in [1.807, 2.05) is 12.1 Å². The molecule has 1 fully saturated rings. The Bertz CT molecular complexity index is 427. The molecule has 1 saturated heterocycles. The predicted octanol–water partition coefficient (Wildman–Crippen LogP) is 1.92. The number of likely N-dealkylation sites (N-methyl/N-ethyl adjacent to an activating group) is 2. The highest BCUT2D eigenvalue weighted by Gasteiger charge is 2.21. The molecule has 1 unspecified atom stereocenters. The maximum Gasteiger partial charge on any atom is 0.128 e. The fourth-order valence-corrected chi connectivity index (χ4v) is 2.69. The molecule has 1 aliphatic heterocycles. The van der Waals surface area contributed by atoms with Gasteiger partial charge in [0, 0.05) is 48.8 Å². The lowest BCUT2D eigenvalue weighted by molar-refractivity contribution is 0.113. The minimum Gasteiger partial charge on any atom is -0.311 e. The zero-order valence-corrected chi connectivity index (χ0v) is 13.1. The highest BCUT2D eigenvalue weighted by molar-refractivity contribution is 9.10. The van der Waals surface area contributed by atoms with Crippen LogP contribution in [-0.2, 0) is 6.54 Å².